The zero-order valence-electron chi connectivity index (χ0n) is 24.9. The van der Waals surface area contributed by atoms with Gasteiger partial charge in [0.2, 0.25) is 11.8 Å². The standard InChI is InChI=1S/C29H42F2N2O7P2/c1-20(21-11-13-22(14-12-21)29(30,31)42(38,39-37)40-41-5)18-23(34)19-24(28(2,3)4)26(35)33-17-9-10-25(33)27(36)32-15-7-6-8-16-32/h11-14,18,24-25,37,41H,6-10,15-17,19H2,1-5H3/b20-18+/t24-,25?,42?/m1/s1. The second-order valence-corrected chi connectivity index (χ2v) is 14.8. The van der Waals surface area contributed by atoms with Gasteiger partial charge in [0.15, 0.2) is 5.78 Å². The molecule has 2 amide bonds. The Morgan fingerprint density at radius 3 is 2.26 bits per heavy atom. The Hall–Kier alpha value is -2.03. The van der Waals surface area contributed by atoms with Crippen molar-refractivity contribution in [2.75, 3.05) is 26.3 Å². The van der Waals surface area contributed by atoms with Gasteiger partial charge in [0.05, 0.1) is 5.92 Å². The number of alkyl halides is 2. The molecule has 0 bridgehead atoms. The molecule has 2 saturated heterocycles. The third-order valence-electron chi connectivity index (χ3n) is 7.97. The fraction of sp³-hybridized carbons (Fsp3) is 0.621. The zero-order valence-corrected chi connectivity index (χ0v) is 26.8. The maximum absolute atomic E-state index is 14.8. The fourth-order valence-corrected chi connectivity index (χ4v) is 7.62. The van der Waals surface area contributed by atoms with Crippen LogP contribution in [0.25, 0.3) is 5.57 Å². The maximum Gasteiger partial charge on any atom is 0.433 e. The van der Waals surface area contributed by atoms with Gasteiger partial charge in [-0.3, -0.25) is 23.3 Å². The second-order valence-electron chi connectivity index (χ2n) is 12.0. The van der Waals surface area contributed by atoms with Crippen molar-refractivity contribution in [2.45, 2.75) is 77.9 Å². The van der Waals surface area contributed by atoms with Crippen LogP contribution >= 0.6 is 16.4 Å². The number of piperidine rings is 1. The van der Waals surface area contributed by atoms with Gasteiger partial charge in [-0.05, 0) is 68.3 Å². The molecule has 9 nitrogen and oxygen atoms in total. The van der Waals surface area contributed by atoms with E-state index in [1.54, 1.807) is 11.8 Å². The SMILES string of the molecule is CPOP(=O)(OO)C(F)(F)c1ccc(/C(C)=C/C(=O)C[C@H](C(=O)N2CCCC2C(=O)N2CCCCC2)C(C)(C)C)cc1. The monoisotopic (exact) mass is 630 g/mol. The van der Waals surface area contributed by atoms with Crippen LogP contribution in [-0.4, -0.2) is 65.0 Å². The summed E-state index contributed by atoms with van der Waals surface area (Å²) in [5.41, 5.74) is -4.38. The van der Waals surface area contributed by atoms with Crippen LogP contribution in [-0.2, 0) is 33.6 Å². The van der Waals surface area contributed by atoms with E-state index in [-0.39, 0.29) is 24.0 Å². The van der Waals surface area contributed by atoms with E-state index in [4.69, 9.17) is 5.26 Å². The molecule has 1 aromatic rings. The fourth-order valence-electron chi connectivity index (χ4n) is 5.50. The quantitative estimate of drug-likeness (QED) is 0.126. The summed E-state index contributed by atoms with van der Waals surface area (Å²) >= 11 is 0. The second kappa shape index (κ2) is 14.2. The van der Waals surface area contributed by atoms with Crippen LogP contribution in [0, 0.1) is 11.3 Å². The summed E-state index contributed by atoms with van der Waals surface area (Å²) in [6.45, 7) is 10.6. The summed E-state index contributed by atoms with van der Waals surface area (Å²) in [5, 5.41) is 8.84. The third kappa shape index (κ3) is 7.72. The minimum absolute atomic E-state index is 0.00659. The molecule has 0 aromatic heterocycles. The summed E-state index contributed by atoms with van der Waals surface area (Å²) in [6, 6.07) is 4.23. The largest absolute Gasteiger partial charge is 0.433 e. The predicted molar refractivity (Wildman–Crippen MR) is 158 cm³/mol. The Morgan fingerprint density at radius 1 is 1.10 bits per heavy atom. The van der Waals surface area contributed by atoms with Crippen molar-refractivity contribution < 1.29 is 42.0 Å². The van der Waals surface area contributed by atoms with Gasteiger partial charge in [0.1, 0.15) is 6.04 Å². The lowest BCUT2D eigenvalue weighted by atomic mass is 9.76. The number of carbonyl (C=O) groups excluding carboxylic acids is 3. The van der Waals surface area contributed by atoms with Gasteiger partial charge < -0.3 is 9.80 Å². The molecular formula is C29H42F2N2O7P2. The number of benzene rings is 1. The van der Waals surface area contributed by atoms with Gasteiger partial charge in [-0.15, -0.1) is 4.67 Å². The van der Waals surface area contributed by atoms with E-state index in [1.165, 1.54) is 24.9 Å². The van der Waals surface area contributed by atoms with Gasteiger partial charge in [0.25, 0.3) is 0 Å². The van der Waals surface area contributed by atoms with Gasteiger partial charge in [-0.2, -0.15) is 8.78 Å². The van der Waals surface area contributed by atoms with Gasteiger partial charge in [0, 0.05) is 40.4 Å². The Balaban J connectivity index is 1.75. The number of carbonyl (C=O) groups is 3. The number of nitrogens with zero attached hydrogens (tertiary/aromatic N) is 2. The average Bonchev–Trinajstić information content (AvgIpc) is 3.45. The number of likely N-dealkylation sites (tertiary alicyclic amines) is 2. The predicted octanol–water partition coefficient (Wildman–Crippen LogP) is 6.69. The molecule has 1 N–H and O–H groups in total. The number of ketones is 1. The maximum atomic E-state index is 14.8. The van der Waals surface area contributed by atoms with Crippen molar-refractivity contribution in [3.8, 4) is 0 Å². The lowest BCUT2D eigenvalue weighted by molar-refractivity contribution is -0.159. The first-order chi connectivity index (χ1) is 19.7. The van der Waals surface area contributed by atoms with Gasteiger partial charge in [-0.25, -0.2) is 5.26 Å². The van der Waals surface area contributed by atoms with E-state index >= 15 is 0 Å². The minimum Gasteiger partial charge on any atom is -0.341 e. The summed E-state index contributed by atoms with van der Waals surface area (Å²) in [4.78, 5) is 43.8. The highest BCUT2D eigenvalue weighted by Crippen LogP contribution is 2.68. The van der Waals surface area contributed by atoms with Crippen LogP contribution in [0.1, 0.15) is 77.3 Å². The molecule has 3 rings (SSSR count). The molecule has 0 radical (unpaired) electrons. The number of rotatable bonds is 11. The van der Waals surface area contributed by atoms with Crippen molar-refractivity contribution in [2.24, 2.45) is 11.3 Å². The molecule has 13 heteroatoms. The number of halogens is 2. The van der Waals surface area contributed by atoms with Crippen LogP contribution < -0.4 is 0 Å². The summed E-state index contributed by atoms with van der Waals surface area (Å²) in [6.07, 6.45) is 5.70. The first-order valence-electron chi connectivity index (χ1n) is 14.2. The van der Waals surface area contributed by atoms with E-state index in [2.05, 4.69) is 8.99 Å². The number of amides is 2. The van der Waals surface area contributed by atoms with Crippen molar-refractivity contribution in [3.05, 3.63) is 41.5 Å². The molecule has 0 spiro atoms. The molecule has 4 atom stereocenters. The Labute approximate surface area is 248 Å². The Bertz CT molecular complexity index is 1210. The lowest BCUT2D eigenvalue weighted by Crippen LogP contribution is -2.52. The average molecular weight is 631 g/mol. The molecule has 0 saturated carbocycles. The van der Waals surface area contributed by atoms with Crippen LogP contribution in [0.4, 0.5) is 8.78 Å². The zero-order chi connectivity index (χ0) is 31.3. The highest BCUT2D eigenvalue weighted by molar-refractivity contribution is 7.60. The van der Waals surface area contributed by atoms with E-state index in [0.29, 0.717) is 37.2 Å². The van der Waals surface area contributed by atoms with Crippen molar-refractivity contribution in [1.29, 1.82) is 0 Å². The molecule has 2 aliphatic heterocycles. The smallest absolute Gasteiger partial charge is 0.341 e. The molecule has 234 valence electrons. The van der Waals surface area contributed by atoms with Crippen molar-refractivity contribution >= 4 is 39.6 Å². The highest BCUT2D eigenvalue weighted by atomic mass is 31.2. The summed E-state index contributed by atoms with van der Waals surface area (Å²) in [7, 11) is -5.76. The van der Waals surface area contributed by atoms with Gasteiger partial charge >= 0.3 is 13.3 Å². The molecule has 2 fully saturated rings. The number of allylic oxidation sites excluding steroid dienone is 2. The molecular weight excluding hydrogens is 588 g/mol. The Morgan fingerprint density at radius 2 is 1.71 bits per heavy atom. The first kappa shape index (κ1) is 34.5. The Kier molecular flexibility index (Phi) is 11.6. The van der Waals surface area contributed by atoms with Crippen molar-refractivity contribution in [1.82, 2.24) is 9.80 Å². The number of hydrogen-bond acceptors (Lipinski definition) is 7. The lowest BCUT2D eigenvalue weighted by Gasteiger charge is -2.37. The molecule has 2 aliphatic rings. The van der Waals surface area contributed by atoms with Crippen molar-refractivity contribution in [3.63, 3.8) is 0 Å². The molecule has 1 aromatic carbocycles. The molecule has 3 unspecified atom stereocenters. The normalized spacial score (nSPS) is 21.0. The van der Waals surface area contributed by atoms with Crippen LogP contribution in [0.3, 0.4) is 0 Å². The molecule has 2 heterocycles. The highest BCUT2D eigenvalue weighted by Gasteiger charge is 2.55. The van der Waals surface area contributed by atoms with E-state index in [1.807, 2.05) is 25.7 Å². The topological polar surface area (TPSA) is 113 Å². The van der Waals surface area contributed by atoms with Gasteiger partial charge in [-0.1, -0.05) is 45.0 Å². The first-order valence-corrected chi connectivity index (χ1v) is 17.2. The molecule has 42 heavy (non-hydrogen) atoms. The summed E-state index contributed by atoms with van der Waals surface area (Å²) < 4.78 is 50.0. The minimum atomic E-state index is -5.15. The molecule has 0 aliphatic carbocycles. The summed E-state index contributed by atoms with van der Waals surface area (Å²) in [5.74, 6) is -1.17. The van der Waals surface area contributed by atoms with Crippen LogP contribution in [0.5, 0.6) is 0 Å². The van der Waals surface area contributed by atoms with E-state index in [0.717, 1.165) is 37.8 Å². The van der Waals surface area contributed by atoms with E-state index < -0.39 is 45.0 Å². The van der Waals surface area contributed by atoms with E-state index in [9.17, 15) is 27.7 Å². The third-order valence-corrected chi connectivity index (χ3v) is 10.8. The van der Waals surface area contributed by atoms with Crippen LogP contribution in [0.15, 0.2) is 30.3 Å². The van der Waals surface area contributed by atoms with Crippen LogP contribution in [0.2, 0.25) is 0 Å². The number of hydrogen-bond donors (Lipinski definition) is 1.